The van der Waals surface area contributed by atoms with E-state index in [1.54, 1.807) is 7.11 Å². The Balaban J connectivity index is 2.30. The Morgan fingerprint density at radius 1 is 1.31 bits per heavy atom. The lowest BCUT2D eigenvalue weighted by atomic mass is 10.1. The van der Waals surface area contributed by atoms with Crippen molar-refractivity contribution in [3.05, 3.63) is 30.0 Å². The Labute approximate surface area is 95.4 Å². The molecule has 1 heterocycles. The lowest BCUT2D eigenvalue weighted by molar-refractivity contribution is 0.151. The van der Waals surface area contributed by atoms with Crippen molar-refractivity contribution in [1.82, 2.24) is 4.98 Å². The quantitative estimate of drug-likeness (QED) is 0.784. The molecule has 16 heavy (non-hydrogen) atoms. The number of hydrogen-bond donors (Lipinski definition) is 1. The first kappa shape index (κ1) is 11.0. The first-order valence-electron chi connectivity index (χ1n) is 5.57. The van der Waals surface area contributed by atoms with Crippen LogP contribution in [0.3, 0.4) is 0 Å². The molecule has 0 aliphatic carbocycles. The molecule has 0 radical (unpaired) electrons. The van der Waals surface area contributed by atoms with Gasteiger partial charge in [-0.25, -0.2) is 0 Å². The number of rotatable bonds is 5. The largest absolute Gasteiger partial charge is 0.496 e. The van der Waals surface area contributed by atoms with Crippen LogP contribution >= 0.6 is 0 Å². The van der Waals surface area contributed by atoms with Crippen molar-refractivity contribution in [3.63, 3.8) is 0 Å². The van der Waals surface area contributed by atoms with Gasteiger partial charge in [-0.3, -0.25) is 0 Å². The molecular weight excluding hydrogens is 202 g/mol. The molecule has 0 fully saturated rings. The number of hydrogen-bond acceptors (Lipinski definition) is 2. The van der Waals surface area contributed by atoms with Gasteiger partial charge in [0.2, 0.25) is 0 Å². The molecular formula is C13H17NO2. The summed E-state index contributed by atoms with van der Waals surface area (Å²) >= 11 is 0. The van der Waals surface area contributed by atoms with Gasteiger partial charge in [-0.15, -0.1) is 0 Å². The minimum Gasteiger partial charge on any atom is -0.496 e. The number of aromatic amines is 1. The van der Waals surface area contributed by atoms with E-state index in [1.807, 2.05) is 25.3 Å². The molecule has 86 valence electrons. The first-order valence-corrected chi connectivity index (χ1v) is 5.57. The van der Waals surface area contributed by atoms with Crippen LogP contribution in [0.15, 0.2) is 24.4 Å². The fourth-order valence-corrected chi connectivity index (χ4v) is 1.91. The monoisotopic (exact) mass is 219 g/mol. The van der Waals surface area contributed by atoms with E-state index in [-0.39, 0.29) is 0 Å². The zero-order valence-corrected chi connectivity index (χ0v) is 9.75. The molecule has 2 rings (SSSR count). The van der Waals surface area contributed by atoms with Crippen molar-refractivity contribution in [2.24, 2.45) is 0 Å². The molecule has 0 spiro atoms. The minimum absolute atomic E-state index is 0.751. The van der Waals surface area contributed by atoms with Gasteiger partial charge in [-0.1, -0.05) is 6.07 Å². The van der Waals surface area contributed by atoms with Gasteiger partial charge >= 0.3 is 0 Å². The van der Waals surface area contributed by atoms with Crippen LogP contribution in [0, 0.1) is 0 Å². The highest BCUT2D eigenvalue weighted by Gasteiger charge is 2.08. The van der Waals surface area contributed by atoms with E-state index >= 15 is 0 Å². The summed E-state index contributed by atoms with van der Waals surface area (Å²) in [6.45, 7) is 3.52. The van der Waals surface area contributed by atoms with Gasteiger partial charge in [0.1, 0.15) is 5.75 Å². The van der Waals surface area contributed by atoms with Crippen LogP contribution < -0.4 is 4.74 Å². The predicted octanol–water partition coefficient (Wildman–Crippen LogP) is 2.76. The molecule has 1 aromatic heterocycles. The normalized spacial score (nSPS) is 10.9. The highest BCUT2D eigenvalue weighted by atomic mass is 16.5. The summed E-state index contributed by atoms with van der Waals surface area (Å²) in [4.78, 5) is 3.25. The molecule has 0 saturated carbocycles. The van der Waals surface area contributed by atoms with Crippen LogP contribution in [0.5, 0.6) is 5.75 Å². The van der Waals surface area contributed by atoms with E-state index < -0.39 is 0 Å². The predicted molar refractivity (Wildman–Crippen MR) is 65.0 cm³/mol. The maximum atomic E-state index is 5.37. The Hall–Kier alpha value is -1.48. The summed E-state index contributed by atoms with van der Waals surface area (Å²) in [5.41, 5.74) is 2.37. The van der Waals surface area contributed by atoms with Crippen molar-refractivity contribution in [2.75, 3.05) is 20.3 Å². The zero-order valence-electron chi connectivity index (χ0n) is 9.75. The molecule has 0 unspecified atom stereocenters. The van der Waals surface area contributed by atoms with E-state index in [0.29, 0.717) is 0 Å². The third kappa shape index (κ3) is 2.04. The third-order valence-electron chi connectivity index (χ3n) is 2.69. The molecule has 1 N–H and O–H groups in total. The average molecular weight is 219 g/mol. The van der Waals surface area contributed by atoms with Crippen molar-refractivity contribution >= 4 is 10.9 Å². The summed E-state index contributed by atoms with van der Waals surface area (Å²) in [7, 11) is 1.70. The second-order valence-corrected chi connectivity index (χ2v) is 3.64. The molecule has 2 aromatic rings. The molecule has 0 bridgehead atoms. The summed E-state index contributed by atoms with van der Waals surface area (Å²) in [6.07, 6.45) is 2.94. The topological polar surface area (TPSA) is 34.2 Å². The second-order valence-electron chi connectivity index (χ2n) is 3.64. The van der Waals surface area contributed by atoms with Crippen LogP contribution in [-0.2, 0) is 11.2 Å². The third-order valence-corrected chi connectivity index (χ3v) is 2.69. The van der Waals surface area contributed by atoms with Crippen molar-refractivity contribution in [3.8, 4) is 5.75 Å². The Morgan fingerprint density at radius 2 is 2.19 bits per heavy atom. The number of ether oxygens (including phenoxy) is 2. The number of H-pyrrole nitrogens is 1. The highest BCUT2D eigenvalue weighted by molar-refractivity contribution is 5.89. The molecule has 3 nitrogen and oxygen atoms in total. The smallest absolute Gasteiger partial charge is 0.128 e. The van der Waals surface area contributed by atoms with E-state index in [1.165, 1.54) is 10.9 Å². The van der Waals surface area contributed by atoms with Gasteiger partial charge in [0.05, 0.1) is 13.7 Å². The highest BCUT2D eigenvalue weighted by Crippen LogP contribution is 2.28. The van der Waals surface area contributed by atoms with Crippen LogP contribution in [0.2, 0.25) is 0 Å². The lowest BCUT2D eigenvalue weighted by Gasteiger charge is -2.04. The summed E-state index contributed by atoms with van der Waals surface area (Å²) < 4.78 is 10.7. The molecule has 0 amide bonds. The van der Waals surface area contributed by atoms with Crippen LogP contribution in [-0.4, -0.2) is 25.3 Å². The van der Waals surface area contributed by atoms with Crippen LogP contribution in [0.25, 0.3) is 10.9 Å². The fraction of sp³-hybridized carbons (Fsp3) is 0.385. The fourth-order valence-electron chi connectivity index (χ4n) is 1.91. The SMILES string of the molecule is CCOCCc1c[nH]c2cccc(OC)c12. The molecule has 0 aliphatic rings. The summed E-state index contributed by atoms with van der Waals surface area (Å²) in [5, 5.41) is 1.17. The van der Waals surface area contributed by atoms with Crippen LogP contribution in [0.1, 0.15) is 12.5 Å². The molecule has 0 atom stereocenters. The van der Waals surface area contributed by atoms with E-state index in [9.17, 15) is 0 Å². The molecule has 3 heteroatoms. The number of benzene rings is 1. The maximum absolute atomic E-state index is 5.37. The first-order chi connectivity index (χ1) is 7.86. The van der Waals surface area contributed by atoms with Gasteiger partial charge in [0, 0.05) is 23.7 Å². The van der Waals surface area contributed by atoms with E-state index in [0.717, 1.165) is 30.9 Å². The zero-order chi connectivity index (χ0) is 11.4. The average Bonchev–Trinajstić information content (AvgIpc) is 2.73. The van der Waals surface area contributed by atoms with Gasteiger partial charge in [-0.2, -0.15) is 0 Å². The Bertz CT molecular complexity index is 462. The second kappa shape index (κ2) is 5.03. The van der Waals surface area contributed by atoms with E-state index in [2.05, 4.69) is 11.1 Å². The van der Waals surface area contributed by atoms with Crippen molar-refractivity contribution < 1.29 is 9.47 Å². The Morgan fingerprint density at radius 3 is 2.94 bits per heavy atom. The Kier molecular flexibility index (Phi) is 3.47. The summed E-state index contributed by atoms with van der Waals surface area (Å²) in [6, 6.07) is 6.03. The van der Waals surface area contributed by atoms with E-state index in [4.69, 9.17) is 9.47 Å². The number of aromatic nitrogens is 1. The van der Waals surface area contributed by atoms with Crippen molar-refractivity contribution in [1.29, 1.82) is 0 Å². The van der Waals surface area contributed by atoms with Gasteiger partial charge in [0.25, 0.3) is 0 Å². The van der Waals surface area contributed by atoms with Crippen LogP contribution in [0.4, 0.5) is 0 Å². The number of fused-ring (bicyclic) bond motifs is 1. The molecule has 1 aromatic carbocycles. The summed E-state index contributed by atoms with van der Waals surface area (Å²) in [5.74, 6) is 0.922. The van der Waals surface area contributed by atoms with Crippen molar-refractivity contribution in [2.45, 2.75) is 13.3 Å². The van der Waals surface area contributed by atoms with Gasteiger partial charge in [0.15, 0.2) is 0 Å². The number of methoxy groups -OCH3 is 1. The molecule has 0 saturated heterocycles. The maximum Gasteiger partial charge on any atom is 0.128 e. The standard InChI is InChI=1S/C13H17NO2/c1-3-16-8-7-10-9-14-11-5-4-6-12(15-2)13(10)11/h4-6,9,14H,3,7-8H2,1-2H3. The van der Waals surface area contributed by atoms with Gasteiger partial charge in [-0.05, 0) is 31.0 Å². The number of nitrogens with one attached hydrogen (secondary N) is 1. The van der Waals surface area contributed by atoms with Gasteiger partial charge < -0.3 is 14.5 Å². The lowest BCUT2D eigenvalue weighted by Crippen LogP contribution is -1.97. The minimum atomic E-state index is 0.751. The molecule has 0 aliphatic heterocycles.